The summed E-state index contributed by atoms with van der Waals surface area (Å²) in [6.07, 6.45) is 13.6. The summed E-state index contributed by atoms with van der Waals surface area (Å²) in [5.74, 6) is 0. The van der Waals surface area contributed by atoms with Crippen LogP contribution in [0, 0.1) is 0 Å². The first-order valence-electron chi connectivity index (χ1n) is 6.79. The molecule has 16 heavy (non-hydrogen) atoms. The number of unbranched alkanes of at least 4 members (excludes halogenated alkanes) is 6. The predicted molar refractivity (Wildman–Crippen MR) is 74.8 cm³/mol. The molecule has 1 heteroatoms. The molecule has 0 amide bonds. The van der Waals surface area contributed by atoms with Crippen molar-refractivity contribution in [2.45, 2.75) is 51.9 Å². The predicted octanol–water partition coefficient (Wildman–Crippen LogP) is 4.41. The fourth-order valence-electron chi connectivity index (χ4n) is 1.91. The van der Waals surface area contributed by atoms with Crippen molar-refractivity contribution in [3.63, 3.8) is 0 Å². The Morgan fingerprint density at radius 2 is 1.31 bits per heavy atom. The molecule has 94 valence electrons. The molecule has 0 aromatic carbocycles. The van der Waals surface area contributed by atoms with Gasteiger partial charge in [0.1, 0.15) is 0 Å². The molecule has 0 unspecified atom stereocenters. The van der Waals surface area contributed by atoms with E-state index in [0.717, 1.165) is 13.1 Å². The average Bonchev–Trinajstić information content (AvgIpc) is 2.28. The molecule has 0 rings (SSSR count). The molecule has 0 aromatic rings. The first kappa shape index (κ1) is 15.4. The Bertz CT molecular complexity index is 153. The third kappa shape index (κ3) is 9.97. The largest absolute Gasteiger partial charge is 0.296 e. The van der Waals surface area contributed by atoms with E-state index in [2.05, 4.69) is 25.0 Å². The van der Waals surface area contributed by atoms with Crippen LogP contribution in [0.1, 0.15) is 51.9 Å². The number of hydrogen-bond acceptors (Lipinski definition) is 1. The highest BCUT2D eigenvalue weighted by Gasteiger charge is 1.99. The summed E-state index contributed by atoms with van der Waals surface area (Å²) in [6, 6.07) is 0. The van der Waals surface area contributed by atoms with Crippen molar-refractivity contribution < 1.29 is 0 Å². The van der Waals surface area contributed by atoms with Gasteiger partial charge < -0.3 is 0 Å². The lowest BCUT2D eigenvalue weighted by Gasteiger charge is -2.18. The topological polar surface area (TPSA) is 3.24 Å². The van der Waals surface area contributed by atoms with Crippen molar-refractivity contribution in [1.29, 1.82) is 0 Å². The zero-order chi connectivity index (χ0) is 12.1. The Morgan fingerprint density at radius 1 is 0.812 bits per heavy atom. The van der Waals surface area contributed by atoms with E-state index >= 15 is 0 Å². The Kier molecular flexibility index (Phi) is 12.1. The molecule has 0 fully saturated rings. The van der Waals surface area contributed by atoms with Crippen molar-refractivity contribution in [2.75, 3.05) is 19.6 Å². The third-order valence-corrected chi connectivity index (χ3v) is 2.85. The molecule has 0 saturated heterocycles. The van der Waals surface area contributed by atoms with Gasteiger partial charge in [-0.05, 0) is 13.0 Å². The average molecular weight is 223 g/mol. The minimum absolute atomic E-state index is 0.988. The molecule has 1 nitrogen and oxygen atoms in total. The number of rotatable bonds is 12. The van der Waals surface area contributed by atoms with Gasteiger partial charge in [-0.1, -0.05) is 57.6 Å². The van der Waals surface area contributed by atoms with Crippen molar-refractivity contribution in [3.8, 4) is 0 Å². The summed E-state index contributed by atoms with van der Waals surface area (Å²) in [6.45, 7) is 13.0. The second-order valence-electron chi connectivity index (χ2n) is 4.46. The number of nitrogens with zero attached hydrogens (tertiary/aromatic N) is 1. The minimum Gasteiger partial charge on any atom is -0.296 e. The van der Waals surface area contributed by atoms with Crippen LogP contribution in [-0.4, -0.2) is 24.5 Å². The molecule has 0 aliphatic carbocycles. The van der Waals surface area contributed by atoms with Crippen molar-refractivity contribution in [3.05, 3.63) is 25.3 Å². The summed E-state index contributed by atoms with van der Waals surface area (Å²) in [4.78, 5) is 2.39. The van der Waals surface area contributed by atoms with E-state index in [-0.39, 0.29) is 0 Å². The van der Waals surface area contributed by atoms with Crippen LogP contribution in [0.2, 0.25) is 0 Å². The van der Waals surface area contributed by atoms with Crippen LogP contribution < -0.4 is 0 Å². The third-order valence-electron chi connectivity index (χ3n) is 2.85. The van der Waals surface area contributed by atoms with Gasteiger partial charge >= 0.3 is 0 Å². The van der Waals surface area contributed by atoms with Gasteiger partial charge in [-0.2, -0.15) is 0 Å². The molecule has 0 radical (unpaired) electrons. The smallest absolute Gasteiger partial charge is 0.0163 e. The molecule has 0 aliphatic heterocycles. The lowest BCUT2D eigenvalue weighted by atomic mass is 10.1. The summed E-state index contributed by atoms with van der Waals surface area (Å²) in [5, 5.41) is 0. The van der Waals surface area contributed by atoms with Crippen molar-refractivity contribution in [1.82, 2.24) is 4.90 Å². The van der Waals surface area contributed by atoms with Crippen LogP contribution in [-0.2, 0) is 0 Å². The van der Waals surface area contributed by atoms with Gasteiger partial charge in [-0.15, -0.1) is 13.2 Å². The van der Waals surface area contributed by atoms with Crippen LogP contribution in [0.15, 0.2) is 25.3 Å². The van der Waals surface area contributed by atoms with Gasteiger partial charge in [0.15, 0.2) is 0 Å². The summed E-state index contributed by atoms with van der Waals surface area (Å²) < 4.78 is 0. The molecule has 0 atom stereocenters. The highest BCUT2D eigenvalue weighted by atomic mass is 15.1. The molecular weight excluding hydrogens is 194 g/mol. The van der Waals surface area contributed by atoms with E-state index in [0.29, 0.717) is 0 Å². The standard InChI is InChI=1S/C15H29N/c1-4-7-8-9-10-11-12-15-16(13-5-2)14-6-3/h5-6H,2-4,7-15H2,1H3. The van der Waals surface area contributed by atoms with Crippen molar-refractivity contribution in [2.24, 2.45) is 0 Å². The maximum absolute atomic E-state index is 3.78. The normalized spacial score (nSPS) is 10.6. The van der Waals surface area contributed by atoms with E-state index in [4.69, 9.17) is 0 Å². The van der Waals surface area contributed by atoms with E-state index < -0.39 is 0 Å². The van der Waals surface area contributed by atoms with Crippen LogP contribution in [0.4, 0.5) is 0 Å². The summed E-state index contributed by atoms with van der Waals surface area (Å²) in [5.41, 5.74) is 0. The van der Waals surface area contributed by atoms with Crippen molar-refractivity contribution >= 4 is 0 Å². The van der Waals surface area contributed by atoms with Gasteiger partial charge in [0.25, 0.3) is 0 Å². The first-order valence-corrected chi connectivity index (χ1v) is 6.79. The Hall–Kier alpha value is -0.560. The lowest BCUT2D eigenvalue weighted by Crippen LogP contribution is -2.24. The van der Waals surface area contributed by atoms with Gasteiger partial charge in [0, 0.05) is 13.1 Å². The Balaban J connectivity index is 3.32. The Labute approximate surface area is 102 Å². The van der Waals surface area contributed by atoms with Gasteiger partial charge in [-0.3, -0.25) is 4.90 Å². The minimum atomic E-state index is 0.988. The van der Waals surface area contributed by atoms with E-state index in [1.54, 1.807) is 0 Å². The number of hydrogen-bond donors (Lipinski definition) is 0. The van der Waals surface area contributed by atoms with Crippen LogP contribution in [0.5, 0.6) is 0 Å². The quantitative estimate of drug-likeness (QED) is 0.350. The first-order chi connectivity index (χ1) is 7.85. The van der Waals surface area contributed by atoms with Gasteiger partial charge in [0.2, 0.25) is 0 Å². The molecular formula is C15H29N. The van der Waals surface area contributed by atoms with Gasteiger partial charge in [-0.25, -0.2) is 0 Å². The van der Waals surface area contributed by atoms with Crippen LogP contribution in [0.3, 0.4) is 0 Å². The molecule has 0 saturated carbocycles. The monoisotopic (exact) mass is 223 g/mol. The van der Waals surface area contributed by atoms with E-state index in [1.807, 2.05) is 12.2 Å². The fraction of sp³-hybridized carbons (Fsp3) is 0.733. The lowest BCUT2D eigenvalue weighted by molar-refractivity contribution is 0.324. The zero-order valence-corrected chi connectivity index (χ0v) is 11.1. The fourth-order valence-corrected chi connectivity index (χ4v) is 1.91. The maximum Gasteiger partial charge on any atom is 0.0163 e. The molecule has 0 N–H and O–H groups in total. The molecule has 0 heterocycles. The molecule has 0 bridgehead atoms. The SMILES string of the molecule is C=CCN(CC=C)CCCCCCCCC. The van der Waals surface area contributed by atoms with E-state index in [9.17, 15) is 0 Å². The highest BCUT2D eigenvalue weighted by Crippen LogP contribution is 2.07. The van der Waals surface area contributed by atoms with Crippen LogP contribution >= 0.6 is 0 Å². The summed E-state index contributed by atoms with van der Waals surface area (Å²) >= 11 is 0. The highest BCUT2D eigenvalue weighted by molar-refractivity contribution is 4.79. The maximum atomic E-state index is 3.78. The zero-order valence-electron chi connectivity index (χ0n) is 11.1. The van der Waals surface area contributed by atoms with Crippen LogP contribution in [0.25, 0.3) is 0 Å². The molecule has 0 aliphatic rings. The van der Waals surface area contributed by atoms with Gasteiger partial charge in [0.05, 0.1) is 0 Å². The Morgan fingerprint density at radius 3 is 1.81 bits per heavy atom. The second kappa shape index (κ2) is 12.5. The second-order valence-corrected chi connectivity index (χ2v) is 4.46. The van der Waals surface area contributed by atoms with E-state index in [1.165, 1.54) is 51.5 Å². The molecule has 0 spiro atoms. The summed E-state index contributed by atoms with van der Waals surface area (Å²) in [7, 11) is 0. The molecule has 0 aromatic heterocycles.